The largest absolute Gasteiger partial charge is 0.466 e. The van der Waals surface area contributed by atoms with E-state index < -0.39 is 0 Å². The van der Waals surface area contributed by atoms with Crippen LogP contribution in [0.3, 0.4) is 0 Å². The summed E-state index contributed by atoms with van der Waals surface area (Å²) in [6.45, 7) is 7.48. The summed E-state index contributed by atoms with van der Waals surface area (Å²) >= 11 is 0. The molecule has 1 fully saturated rings. The third-order valence-electron chi connectivity index (χ3n) is 3.79. The van der Waals surface area contributed by atoms with E-state index in [2.05, 4.69) is 4.90 Å². The molecule has 122 valence electrons. The smallest absolute Gasteiger partial charge is 0.310 e. The van der Waals surface area contributed by atoms with E-state index in [9.17, 15) is 9.59 Å². The maximum atomic E-state index is 11.8. The molecule has 0 amide bonds. The quantitative estimate of drug-likeness (QED) is 0.483. The Kier molecular flexibility index (Phi) is 9.06. The molecule has 0 saturated carbocycles. The van der Waals surface area contributed by atoms with Crippen LogP contribution in [0, 0.1) is 5.92 Å². The lowest BCUT2D eigenvalue weighted by Gasteiger charge is -2.31. The zero-order chi connectivity index (χ0) is 15.5. The van der Waals surface area contributed by atoms with E-state index >= 15 is 0 Å². The molecule has 0 aromatic carbocycles. The molecule has 1 unspecified atom stereocenters. The van der Waals surface area contributed by atoms with E-state index in [1.54, 1.807) is 0 Å². The first-order valence-corrected chi connectivity index (χ1v) is 8.22. The fourth-order valence-corrected chi connectivity index (χ4v) is 2.73. The van der Waals surface area contributed by atoms with E-state index in [0.717, 1.165) is 51.7 Å². The summed E-state index contributed by atoms with van der Waals surface area (Å²) in [4.78, 5) is 25.3. The van der Waals surface area contributed by atoms with E-state index in [0.29, 0.717) is 19.6 Å². The molecule has 0 bridgehead atoms. The summed E-state index contributed by atoms with van der Waals surface area (Å²) in [5, 5.41) is 0. The van der Waals surface area contributed by atoms with E-state index in [1.165, 1.54) is 0 Å². The van der Waals surface area contributed by atoms with Gasteiger partial charge in [0.1, 0.15) is 0 Å². The summed E-state index contributed by atoms with van der Waals surface area (Å²) in [5.74, 6) is -0.111. The van der Waals surface area contributed by atoms with Crippen LogP contribution in [-0.2, 0) is 19.1 Å². The van der Waals surface area contributed by atoms with Crippen molar-refractivity contribution in [3.8, 4) is 0 Å². The van der Waals surface area contributed by atoms with Gasteiger partial charge in [-0.2, -0.15) is 0 Å². The number of piperidine rings is 1. The third-order valence-corrected chi connectivity index (χ3v) is 3.79. The van der Waals surface area contributed by atoms with Crippen molar-refractivity contribution in [2.75, 3.05) is 32.8 Å². The molecule has 5 heteroatoms. The number of likely N-dealkylation sites (tertiary alicyclic amines) is 1. The Morgan fingerprint density at radius 2 is 1.86 bits per heavy atom. The molecule has 0 aliphatic carbocycles. The van der Waals surface area contributed by atoms with Gasteiger partial charge in [-0.1, -0.05) is 6.42 Å². The number of ether oxygens (including phenoxy) is 2. The van der Waals surface area contributed by atoms with Gasteiger partial charge in [-0.15, -0.1) is 0 Å². The Balaban J connectivity index is 2.12. The number of esters is 2. The Morgan fingerprint density at radius 1 is 1.10 bits per heavy atom. The maximum absolute atomic E-state index is 11.8. The van der Waals surface area contributed by atoms with Crippen LogP contribution in [0.4, 0.5) is 0 Å². The molecule has 1 saturated heterocycles. The Labute approximate surface area is 128 Å². The first-order chi connectivity index (χ1) is 10.2. The zero-order valence-electron chi connectivity index (χ0n) is 13.4. The van der Waals surface area contributed by atoms with Gasteiger partial charge in [-0.3, -0.25) is 9.59 Å². The molecule has 1 aliphatic heterocycles. The molecular weight excluding hydrogens is 270 g/mol. The second-order valence-corrected chi connectivity index (χ2v) is 5.51. The van der Waals surface area contributed by atoms with Crippen LogP contribution in [-0.4, -0.2) is 49.7 Å². The number of hydrogen-bond acceptors (Lipinski definition) is 5. The number of rotatable bonds is 9. The summed E-state index contributed by atoms with van der Waals surface area (Å²) < 4.78 is 10.0. The average Bonchev–Trinajstić information content (AvgIpc) is 2.48. The summed E-state index contributed by atoms with van der Waals surface area (Å²) in [7, 11) is 0. The van der Waals surface area contributed by atoms with Crippen molar-refractivity contribution in [3.63, 3.8) is 0 Å². The second kappa shape index (κ2) is 10.6. The molecule has 1 atom stereocenters. The van der Waals surface area contributed by atoms with Crippen LogP contribution in [0.25, 0.3) is 0 Å². The van der Waals surface area contributed by atoms with E-state index in [-0.39, 0.29) is 17.9 Å². The molecule has 5 nitrogen and oxygen atoms in total. The third kappa shape index (κ3) is 7.46. The van der Waals surface area contributed by atoms with Crippen molar-refractivity contribution in [1.29, 1.82) is 0 Å². The minimum Gasteiger partial charge on any atom is -0.466 e. The predicted molar refractivity (Wildman–Crippen MR) is 80.9 cm³/mol. The Morgan fingerprint density at radius 3 is 2.57 bits per heavy atom. The van der Waals surface area contributed by atoms with Crippen molar-refractivity contribution in [2.45, 2.75) is 52.4 Å². The van der Waals surface area contributed by atoms with Gasteiger partial charge in [0.25, 0.3) is 0 Å². The molecule has 0 spiro atoms. The highest BCUT2D eigenvalue weighted by Crippen LogP contribution is 2.18. The minimum absolute atomic E-state index is 0.0400. The molecule has 0 aromatic rings. The van der Waals surface area contributed by atoms with Gasteiger partial charge < -0.3 is 14.4 Å². The maximum Gasteiger partial charge on any atom is 0.310 e. The minimum atomic E-state index is -0.0992. The average molecular weight is 299 g/mol. The van der Waals surface area contributed by atoms with Crippen molar-refractivity contribution in [2.24, 2.45) is 5.92 Å². The topological polar surface area (TPSA) is 55.8 Å². The van der Waals surface area contributed by atoms with Crippen LogP contribution >= 0.6 is 0 Å². The van der Waals surface area contributed by atoms with Gasteiger partial charge in [-0.25, -0.2) is 0 Å². The highest BCUT2D eigenvalue weighted by atomic mass is 16.5. The van der Waals surface area contributed by atoms with Gasteiger partial charge in [-0.05, 0) is 52.6 Å². The second-order valence-electron chi connectivity index (χ2n) is 5.51. The van der Waals surface area contributed by atoms with Crippen LogP contribution in [0.5, 0.6) is 0 Å². The normalized spacial score (nSPS) is 19.2. The lowest BCUT2D eigenvalue weighted by atomic mass is 9.98. The van der Waals surface area contributed by atoms with Crippen molar-refractivity contribution in [1.82, 2.24) is 4.90 Å². The number of unbranched alkanes of at least 4 members (excludes halogenated alkanes) is 2. The molecule has 0 radical (unpaired) electrons. The summed E-state index contributed by atoms with van der Waals surface area (Å²) in [6, 6.07) is 0. The van der Waals surface area contributed by atoms with Crippen LogP contribution in [0.15, 0.2) is 0 Å². The zero-order valence-corrected chi connectivity index (χ0v) is 13.4. The van der Waals surface area contributed by atoms with Gasteiger partial charge in [0.15, 0.2) is 0 Å². The summed E-state index contributed by atoms with van der Waals surface area (Å²) in [6.07, 6.45) is 5.49. The van der Waals surface area contributed by atoms with Crippen molar-refractivity contribution in [3.05, 3.63) is 0 Å². The number of carbonyl (C=O) groups excluding carboxylic acids is 2. The van der Waals surface area contributed by atoms with E-state index in [4.69, 9.17) is 9.47 Å². The molecular formula is C16H29NO4. The highest BCUT2D eigenvalue weighted by molar-refractivity contribution is 5.72. The number of hydrogen-bond donors (Lipinski definition) is 0. The molecule has 1 heterocycles. The van der Waals surface area contributed by atoms with Crippen molar-refractivity contribution >= 4 is 11.9 Å². The first-order valence-electron chi connectivity index (χ1n) is 8.22. The Hall–Kier alpha value is -1.10. The first kappa shape index (κ1) is 18.0. The van der Waals surface area contributed by atoms with Crippen molar-refractivity contribution < 1.29 is 19.1 Å². The van der Waals surface area contributed by atoms with Crippen LogP contribution in [0.1, 0.15) is 52.4 Å². The molecule has 0 N–H and O–H groups in total. The van der Waals surface area contributed by atoms with Gasteiger partial charge >= 0.3 is 11.9 Å². The molecule has 0 aromatic heterocycles. The monoisotopic (exact) mass is 299 g/mol. The standard InChI is InChI=1S/C16H29NO4/c1-3-20-15(18)10-6-5-7-11-17-12-8-9-14(13-17)16(19)21-4-2/h14H,3-13H2,1-2H3. The van der Waals surface area contributed by atoms with Crippen LogP contribution < -0.4 is 0 Å². The van der Waals surface area contributed by atoms with Gasteiger partial charge in [0.05, 0.1) is 19.1 Å². The highest BCUT2D eigenvalue weighted by Gasteiger charge is 2.26. The Bertz CT molecular complexity index is 319. The van der Waals surface area contributed by atoms with E-state index in [1.807, 2.05) is 13.8 Å². The number of nitrogens with zero attached hydrogens (tertiary/aromatic N) is 1. The van der Waals surface area contributed by atoms with Crippen LogP contribution in [0.2, 0.25) is 0 Å². The lowest BCUT2D eigenvalue weighted by molar-refractivity contribution is -0.150. The predicted octanol–water partition coefficient (Wildman–Crippen LogP) is 2.39. The van der Waals surface area contributed by atoms with Gasteiger partial charge in [0.2, 0.25) is 0 Å². The SMILES string of the molecule is CCOC(=O)CCCCCN1CCCC(C(=O)OCC)C1. The lowest BCUT2D eigenvalue weighted by Crippen LogP contribution is -2.39. The summed E-state index contributed by atoms with van der Waals surface area (Å²) in [5.41, 5.74) is 0. The molecule has 1 rings (SSSR count). The molecule has 1 aliphatic rings. The fraction of sp³-hybridized carbons (Fsp3) is 0.875. The number of carbonyl (C=O) groups is 2. The van der Waals surface area contributed by atoms with Gasteiger partial charge in [0, 0.05) is 13.0 Å². The fourth-order valence-electron chi connectivity index (χ4n) is 2.73. The molecule has 21 heavy (non-hydrogen) atoms.